The summed E-state index contributed by atoms with van der Waals surface area (Å²) < 4.78 is 21.4. The Morgan fingerprint density at radius 3 is 2.55 bits per heavy atom. The van der Waals surface area contributed by atoms with Gasteiger partial charge in [-0.15, -0.1) is 0 Å². The number of hydrogen-bond donors (Lipinski definition) is 2. The number of piperidine rings is 1. The van der Waals surface area contributed by atoms with Crippen molar-refractivity contribution in [2.45, 2.75) is 45.2 Å². The number of benzene rings is 1. The van der Waals surface area contributed by atoms with Crippen LogP contribution in [0.2, 0.25) is 0 Å². The van der Waals surface area contributed by atoms with E-state index in [9.17, 15) is 19.1 Å². The molecule has 2 aliphatic rings. The minimum Gasteiger partial charge on any atom is -0.494 e. The number of halogens is 1. The van der Waals surface area contributed by atoms with E-state index in [2.05, 4.69) is 0 Å². The van der Waals surface area contributed by atoms with Crippen LogP contribution in [0.15, 0.2) is 16.9 Å². The smallest absolute Gasteiger partial charge is 0.343 e. The van der Waals surface area contributed by atoms with Crippen LogP contribution in [0.25, 0.3) is 10.9 Å². The molecule has 2 fully saturated rings. The molecular weight excluding hydrogens is 377 g/mol. The third-order valence-corrected chi connectivity index (χ3v) is 6.16. The van der Waals surface area contributed by atoms with Crippen molar-refractivity contribution < 1.29 is 19.0 Å². The molecule has 2 aromatic rings. The van der Waals surface area contributed by atoms with Gasteiger partial charge in [-0.05, 0) is 30.7 Å². The van der Waals surface area contributed by atoms with Crippen LogP contribution in [0.5, 0.6) is 5.75 Å². The van der Waals surface area contributed by atoms with E-state index in [1.54, 1.807) is 0 Å². The molecule has 0 bridgehead atoms. The average molecular weight is 403 g/mol. The summed E-state index contributed by atoms with van der Waals surface area (Å²) >= 11 is 0. The Balaban J connectivity index is 2.09. The second-order valence-electron chi connectivity index (χ2n) is 8.74. The SMILES string of the molecule is COc1cc(F)cc2c(=O)c(C(=O)O)c(N3CC[C@H](N)C(C)(C)C3)n(C3CC3)c12. The lowest BCUT2D eigenvalue weighted by Gasteiger charge is -2.44. The van der Waals surface area contributed by atoms with Crippen molar-refractivity contribution in [2.24, 2.45) is 11.1 Å². The van der Waals surface area contributed by atoms with Crippen LogP contribution < -0.4 is 20.8 Å². The van der Waals surface area contributed by atoms with Gasteiger partial charge in [0, 0.05) is 31.2 Å². The summed E-state index contributed by atoms with van der Waals surface area (Å²) in [6.45, 7) is 5.16. The number of carbonyl (C=O) groups is 1. The molecule has 1 saturated carbocycles. The highest BCUT2D eigenvalue weighted by atomic mass is 19.1. The number of aromatic carboxylic acids is 1. The zero-order valence-electron chi connectivity index (χ0n) is 16.9. The van der Waals surface area contributed by atoms with Gasteiger partial charge in [-0.1, -0.05) is 13.8 Å². The summed E-state index contributed by atoms with van der Waals surface area (Å²) in [5, 5.41) is 9.98. The Morgan fingerprint density at radius 1 is 1.31 bits per heavy atom. The molecule has 4 rings (SSSR count). The van der Waals surface area contributed by atoms with Crippen LogP contribution in [0, 0.1) is 11.2 Å². The minimum atomic E-state index is -1.31. The van der Waals surface area contributed by atoms with Gasteiger partial charge in [0.05, 0.1) is 18.0 Å². The zero-order valence-corrected chi connectivity index (χ0v) is 16.9. The second kappa shape index (κ2) is 6.73. The summed E-state index contributed by atoms with van der Waals surface area (Å²) in [5.74, 6) is -1.34. The number of pyridine rings is 1. The number of nitrogens with zero attached hydrogens (tertiary/aromatic N) is 2. The van der Waals surface area contributed by atoms with E-state index < -0.39 is 17.2 Å². The first-order valence-corrected chi connectivity index (χ1v) is 9.85. The molecular formula is C21H26FN3O4. The molecule has 0 spiro atoms. The standard InChI is InChI=1S/C21H26FN3O4/c1-21(2)10-24(7-6-15(21)23)19-16(20(27)28)18(26)13-8-11(22)9-14(29-3)17(13)25(19)12-4-5-12/h8-9,12,15H,4-7,10,23H2,1-3H3,(H,27,28)/t15-/m0/s1. The number of nitrogens with two attached hydrogens (primary N) is 1. The number of rotatable bonds is 4. The fraction of sp³-hybridized carbons (Fsp3) is 0.524. The second-order valence-corrected chi connectivity index (χ2v) is 8.74. The Kier molecular flexibility index (Phi) is 4.57. The largest absolute Gasteiger partial charge is 0.494 e. The Bertz CT molecular complexity index is 1060. The van der Waals surface area contributed by atoms with E-state index in [-0.39, 0.29) is 34.2 Å². The van der Waals surface area contributed by atoms with Crippen LogP contribution >= 0.6 is 0 Å². The van der Waals surface area contributed by atoms with Crippen molar-refractivity contribution in [2.75, 3.05) is 25.1 Å². The highest BCUT2D eigenvalue weighted by molar-refractivity contribution is 6.00. The summed E-state index contributed by atoms with van der Waals surface area (Å²) in [5.41, 5.74) is 5.47. The highest BCUT2D eigenvalue weighted by Crippen LogP contribution is 2.45. The Morgan fingerprint density at radius 2 is 2.00 bits per heavy atom. The molecule has 1 aromatic heterocycles. The first kappa shape index (κ1) is 19.7. The van der Waals surface area contributed by atoms with Gasteiger partial charge in [0.25, 0.3) is 0 Å². The summed E-state index contributed by atoms with van der Waals surface area (Å²) in [7, 11) is 1.42. The minimum absolute atomic E-state index is 0.0165. The predicted octanol–water partition coefficient (Wildman–Crippen LogP) is 2.75. The van der Waals surface area contributed by atoms with E-state index in [1.807, 2.05) is 23.3 Å². The lowest BCUT2D eigenvalue weighted by molar-refractivity contribution is 0.0695. The van der Waals surface area contributed by atoms with Crippen molar-refractivity contribution in [3.63, 3.8) is 0 Å². The number of ether oxygens (including phenoxy) is 1. The summed E-state index contributed by atoms with van der Waals surface area (Å²) in [6, 6.07) is 2.37. The lowest BCUT2D eigenvalue weighted by atomic mass is 9.79. The van der Waals surface area contributed by atoms with Crippen LogP contribution in [-0.4, -0.2) is 41.9 Å². The summed E-state index contributed by atoms with van der Waals surface area (Å²) in [6.07, 6.45) is 2.41. The van der Waals surface area contributed by atoms with Crippen molar-refractivity contribution in [3.05, 3.63) is 33.7 Å². The van der Waals surface area contributed by atoms with Gasteiger partial charge in [-0.2, -0.15) is 0 Å². The molecule has 3 N–H and O–H groups in total. The topological polar surface area (TPSA) is 97.8 Å². The highest BCUT2D eigenvalue weighted by Gasteiger charge is 2.39. The molecule has 1 atom stereocenters. The van der Waals surface area contributed by atoms with Gasteiger partial charge in [0.15, 0.2) is 0 Å². The number of methoxy groups -OCH3 is 1. The van der Waals surface area contributed by atoms with Gasteiger partial charge in [0.2, 0.25) is 5.43 Å². The number of fused-ring (bicyclic) bond motifs is 1. The maximum atomic E-state index is 14.1. The normalized spacial score (nSPS) is 21.4. The molecule has 7 nitrogen and oxygen atoms in total. The Hall–Kier alpha value is -2.61. The lowest BCUT2D eigenvalue weighted by Crippen LogP contribution is -2.53. The zero-order chi connectivity index (χ0) is 21.1. The van der Waals surface area contributed by atoms with Gasteiger partial charge in [-0.3, -0.25) is 4.79 Å². The molecule has 0 unspecified atom stereocenters. The van der Waals surface area contributed by atoms with Crippen LogP contribution in [0.3, 0.4) is 0 Å². The monoisotopic (exact) mass is 403 g/mol. The van der Waals surface area contributed by atoms with E-state index in [0.717, 1.165) is 18.9 Å². The Labute approximate surface area is 167 Å². The quantitative estimate of drug-likeness (QED) is 0.815. The molecule has 1 aliphatic carbocycles. The first-order chi connectivity index (χ1) is 13.7. The maximum absolute atomic E-state index is 14.1. The van der Waals surface area contributed by atoms with E-state index in [0.29, 0.717) is 30.8 Å². The average Bonchev–Trinajstić information content (AvgIpc) is 3.48. The van der Waals surface area contributed by atoms with Crippen LogP contribution in [0.1, 0.15) is 49.5 Å². The van der Waals surface area contributed by atoms with E-state index >= 15 is 0 Å². The molecule has 0 radical (unpaired) electrons. The molecule has 1 aliphatic heterocycles. The van der Waals surface area contributed by atoms with Gasteiger partial charge < -0.3 is 25.0 Å². The molecule has 156 valence electrons. The number of hydrogen-bond acceptors (Lipinski definition) is 5. The van der Waals surface area contributed by atoms with Crippen molar-refractivity contribution >= 4 is 22.7 Å². The van der Waals surface area contributed by atoms with Crippen molar-refractivity contribution in [1.82, 2.24) is 4.57 Å². The third kappa shape index (κ3) is 3.15. The maximum Gasteiger partial charge on any atom is 0.343 e. The van der Waals surface area contributed by atoms with Gasteiger partial charge in [-0.25, -0.2) is 9.18 Å². The molecule has 1 aromatic carbocycles. The van der Waals surface area contributed by atoms with Crippen molar-refractivity contribution in [3.8, 4) is 5.75 Å². The number of carboxylic acid groups (broad SMARTS) is 1. The fourth-order valence-corrected chi connectivity index (χ4v) is 4.36. The number of anilines is 1. The van der Waals surface area contributed by atoms with Crippen molar-refractivity contribution in [1.29, 1.82) is 0 Å². The van der Waals surface area contributed by atoms with Gasteiger partial charge in [0.1, 0.15) is 22.9 Å². The molecule has 29 heavy (non-hydrogen) atoms. The molecule has 8 heteroatoms. The fourth-order valence-electron chi connectivity index (χ4n) is 4.36. The van der Waals surface area contributed by atoms with Crippen LogP contribution in [0.4, 0.5) is 10.2 Å². The van der Waals surface area contributed by atoms with Gasteiger partial charge >= 0.3 is 5.97 Å². The molecule has 1 saturated heterocycles. The predicted molar refractivity (Wildman–Crippen MR) is 109 cm³/mol. The first-order valence-electron chi connectivity index (χ1n) is 9.85. The van der Waals surface area contributed by atoms with E-state index in [1.165, 1.54) is 13.2 Å². The third-order valence-electron chi connectivity index (χ3n) is 6.16. The number of carboxylic acids is 1. The van der Waals surface area contributed by atoms with E-state index in [4.69, 9.17) is 10.5 Å². The molecule has 2 heterocycles. The summed E-state index contributed by atoms with van der Waals surface area (Å²) in [4.78, 5) is 27.4. The van der Waals surface area contributed by atoms with Crippen LogP contribution in [-0.2, 0) is 0 Å². The molecule has 0 amide bonds. The number of aromatic nitrogens is 1.